The van der Waals surface area contributed by atoms with Crippen LogP contribution in [-0.2, 0) is 21.1 Å². The zero-order valence-corrected chi connectivity index (χ0v) is 23.5. The summed E-state index contributed by atoms with van der Waals surface area (Å²) in [6.07, 6.45) is -0.305. The molecule has 1 saturated heterocycles. The summed E-state index contributed by atoms with van der Waals surface area (Å²) in [6.45, 7) is 5.60. The molecule has 5 rings (SSSR count). The van der Waals surface area contributed by atoms with Gasteiger partial charge in [-0.05, 0) is 56.3 Å². The van der Waals surface area contributed by atoms with Crippen molar-refractivity contribution in [3.8, 4) is 11.4 Å². The van der Waals surface area contributed by atoms with Crippen LogP contribution in [0.5, 0.6) is 0 Å². The predicted molar refractivity (Wildman–Crippen MR) is 151 cm³/mol. The summed E-state index contributed by atoms with van der Waals surface area (Å²) in [4.78, 5) is 28.4. The first-order chi connectivity index (χ1) is 19.5. The number of halogens is 2. The Morgan fingerprint density at radius 1 is 1.05 bits per heavy atom. The maximum Gasteiger partial charge on any atom is 0.265 e. The number of amides is 1. The van der Waals surface area contributed by atoms with Gasteiger partial charge in [-0.3, -0.25) is 9.78 Å². The van der Waals surface area contributed by atoms with E-state index in [1.165, 1.54) is 6.07 Å². The fourth-order valence-corrected chi connectivity index (χ4v) is 5.78. The molecule has 0 radical (unpaired) electrons. The Bertz CT molecular complexity index is 1710. The highest BCUT2D eigenvalue weighted by Crippen LogP contribution is 2.28. The average molecular weight is 582 g/mol. The SMILES string of the molecule is C[C@@H]1CN(c2cccc(-c3ccc4cnc(CNC(=O)c5ccc(C(F)F)c(S(C)(=O)=O)c5)cc4n3)n2)C[C@H](C)O1. The van der Waals surface area contributed by atoms with Gasteiger partial charge < -0.3 is 15.0 Å². The third-order valence-electron chi connectivity index (χ3n) is 6.71. The lowest BCUT2D eigenvalue weighted by molar-refractivity contribution is -0.00545. The molecule has 214 valence electrons. The van der Waals surface area contributed by atoms with Gasteiger partial charge in [0.2, 0.25) is 0 Å². The molecule has 0 saturated carbocycles. The summed E-state index contributed by atoms with van der Waals surface area (Å²) in [7, 11) is -3.96. The third-order valence-corrected chi connectivity index (χ3v) is 7.86. The average Bonchev–Trinajstić information content (AvgIpc) is 2.94. The zero-order chi connectivity index (χ0) is 29.3. The quantitative estimate of drug-likeness (QED) is 0.338. The largest absolute Gasteiger partial charge is 0.372 e. The number of hydrogen-bond donors (Lipinski definition) is 1. The van der Waals surface area contributed by atoms with Gasteiger partial charge in [0.15, 0.2) is 9.84 Å². The van der Waals surface area contributed by atoms with Crippen molar-refractivity contribution in [1.29, 1.82) is 0 Å². The number of rotatable bonds is 7. The molecule has 0 aliphatic carbocycles. The second kappa shape index (κ2) is 11.5. The number of carbonyl (C=O) groups is 1. The minimum absolute atomic E-state index is 0.0205. The normalized spacial score (nSPS) is 17.7. The molecule has 2 atom stereocenters. The molecule has 4 aromatic rings. The van der Waals surface area contributed by atoms with Crippen LogP contribution in [0.15, 0.2) is 65.7 Å². The van der Waals surface area contributed by atoms with Crippen LogP contribution < -0.4 is 10.2 Å². The van der Waals surface area contributed by atoms with Gasteiger partial charge in [0.1, 0.15) is 5.82 Å². The first kappa shape index (κ1) is 28.5. The van der Waals surface area contributed by atoms with Gasteiger partial charge in [-0.25, -0.2) is 27.2 Å². The van der Waals surface area contributed by atoms with E-state index in [1.54, 1.807) is 12.3 Å². The molecular formula is C29H29F2N5O4S. The summed E-state index contributed by atoms with van der Waals surface area (Å²) < 4.78 is 56.4. The lowest BCUT2D eigenvalue weighted by Crippen LogP contribution is -2.45. The van der Waals surface area contributed by atoms with Crippen molar-refractivity contribution in [3.05, 3.63) is 77.6 Å². The number of benzene rings is 1. The molecule has 1 fully saturated rings. The van der Waals surface area contributed by atoms with Crippen molar-refractivity contribution in [3.63, 3.8) is 0 Å². The maximum atomic E-state index is 13.3. The van der Waals surface area contributed by atoms with E-state index in [1.807, 2.05) is 44.2 Å². The molecule has 1 aliphatic rings. The molecule has 1 N–H and O–H groups in total. The van der Waals surface area contributed by atoms with Crippen molar-refractivity contribution in [2.45, 2.75) is 43.9 Å². The summed E-state index contributed by atoms with van der Waals surface area (Å²) in [5, 5.41) is 3.47. The number of nitrogens with one attached hydrogen (secondary N) is 1. The summed E-state index contributed by atoms with van der Waals surface area (Å²) >= 11 is 0. The number of hydrogen-bond acceptors (Lipinski definition) is 8. The molecule has 1 amide bonds. The number of ether oxygens (including phenoxy) is 1. The van der Waals surface area contributed by atoms with Crippen LogP contribution in [0.25, 0.3) is 22.3 Å². The smallest absolute Gasteiger partial charge is 0.265 e. The number of sulfone groups is 1. The van der Waals surface area contributed by atoms with Crippen LogP contribution in [0.3, 0.4) is 0 Å². The van der Waals surface area contributed by atoms with Gasteiger partial charge in [0.05, 0.1) is 46.2 Å². The van der Waals surface area contributed by atoms with E-state index in [0.29, 0.717) is 16.9 Å². The number of alkyl halides is 2. The van der Waals surface area contributed by atoms with Gasteiger partial charge in [-0.15, -0.1) is 0 Å². The van der Waals surface area contributed by atoms with E-state index in [2.05, 4.69) is 15.2 Å². The van der Waals surface area contributed by atoms with E-state index in [0.717, 1.165) is 48.4 Å². The lowest BCUT2D eigenvalue weighted by atomic mass is 10.1. The third kappa shape index (κ3) is 6.49. The molecule has 0 unspecified atom stereocenters. The Morgan fingerprint density at radius 2 is 1.78 bits per heavy atom. The van der Waals surface area contributed by atoms with E-state index in [9.17, 15) is 22.0 Å². The minimum Gasteiger partial charge on any atom is -0.372 e. The predicted octanol–water partition coefficient (Wildman–Crippen LogP) is 4.58. The molecule has 4 heterocycles. The fraction of sp³-hybridized carbons (Fsp3) is 0.310. The fourth-order valence-electron chi connectivity index (χ4n) is 4.85. The zero-order valence-electron chi connectivity index (χ0n) is 22.7. The summed E-state index contributed by atoms with van der Waals surface area (Å²) in [5.41, 5.74) is 1.88. The van der Waals surface area contributed by atoms with Gasteiger partial charge in [0.25, 0.3) is 12.3 Å². The van der Waals surface area contributed by atoms with Crippen molar-refractivity contribution in [2.24, 2.45) is 0 Å². The van der Waals surface area contributed by atoms with Crippen molar-refractivity contribution in [1.82, 2.24) is 20.3 Å². The summed E-state index contributed by atoms with van der Waals surface area (Å²) in [6, 6.07) is 14.4. The Morgan fingerprint density at radius 3 is 2.49 bits per heavy atom. The van der Waals surface area contributed by atoms with E-state index >= 15 is 0 Å². The standard InChI is InChI=1S/C29H29F2N5O4S/c1-17-15-36(16-18(2)40-17)27-6-4-5-23(35-27)24-10-8-20-13-32-21(12-25(20)34-24)14-33-29(37)19-7-9-22(28(30)31)26(11-19)41(3,38)39/h4-13,17-18,28H,14-16H2,1-3H3,(H,33,37)/t17-,18+. The molecule has 12 heteroatoms. The first-order valence-electron chi connectivity index (χ1n) is 13.0. The maximum absolute atomic E-state index is 13.3. The molecule has 0 spiro atoms. The number of aromatic nitrogens is 3. The lowest BCUT2D eigenvalue weighted by Gasteiger charge is -2.36. The van der Waals surface area contributed by atoms with Crippen molar-refractivity contribution < 1.29 is 26.7 Å². The molecule has 9 nitrogen and oxygen atoms in total. The van der Waals surface area contributed by atoms with E-state index in [-0.39, 0.29) is 24.3 Å². The number of nitrogens with zero attached hydrogens (tertiary/aromatic N) is 4. The number of pyridine rings is 3. The van der Waals surface area contributed by atoms with Crippen molar-refractivity contribution >= 4 is 32.5 Å². The highest BCUT2D eigenvalue weighted by atomic mass is 32.2. The Balaban J connectivity index is 1.34. The molecule has 41 heavy (non-hydrogen) atoms. The highest BCUT2D eigenvalue weighted by molar-refractivity contribution is 7.90. The number of carbonyl (C=O) groups excluding carboxylic acids is 1. The molecule has 0 bridgehead atoms. The number of anilines is 1. The van der Waals surface area contributed by atoms with Gasteiger partial charge >= 0.3 is 0 Å². The highest BCUT2D eigenvalue weighted by Gasteiger charge is 2.24. The number of morpholine rings is 1. The summed E-state index contributed by atoms with van der Waals surface area (Å²) in [5.74, 6) is 0.234. The Kier molecular flexibility index (Phi) is 7.96. The van der Waals surface area contributed by atoms with Crippen LogP contribution in [0.1, 0.15) is 41.9 Å². The minimum atomic E-state index is -3.96. The second-order valence-electron chi connectivity index (χ2n) is 10.1. The number of fused-ring (bicyclic) bond motifs is 1. The van der Waals surface area contributed by atoms with E-state index < -0.39 is 32.6 Å². The van der Waals surface area contributed by atoms with E-state index in [4.69, 9.17) is 14.7 Å². The Labute approximate surface area is 236 Å². The Hall–Kier alpha value is -4.03. The van der Waals surface area contributed by atoms with Crippen molar-refractivity contribution in [2.75, 3.05) is 24.2 Å². The molecule has 1 aromatic carbocycles. The van der Waals surface area contributed by atoms with Gasteiger partial charge in [-0.1, -0.05) is 12.1 Å². The molecule has 1 aliphatic heterocycles. The van der Waals surface area contributed by atoms with Crippen LogP contribution in [0, 0.1) is 0 Å². The van der Waals surface area contributed by atoms with Gasteiger partial charge in [-0.2, -0.15) is 0 Å². The monoisotopic (exact) mass is 581 g/mol. The molecule has 3 aromatic heterocycles. The van der Waals surface area contributed by atoms with Gasteiger partial charge in [0, 0.05) is 42.1 Å². The second-order valence-corrected chi connectivity index (χ2v) is 12.1. The van der Waals surface area contributed by atoms with Crippen LogP contribution in [0.2, 0.25) is 0 Å². The van der Waals surface area contributed by atoms with Crippen LogP contribution >= 0.6 is 0 Å². The topological polar surface area (TPSA) is 114 Å². The van der Waals surface area contributed by atoms with Crippen LogP contribution in [0.4, 0.5) is 14.6 Å². The first-order valence-corrected chi connectivity index (χ1v) is 14.9. The van der Waals surface area contributed by atoms with Crippen LogP contribution in [-0.4, -0.2) is 60.8 Å². The molecular weight excluding hydrogens is 552 g/mol.